The number of hydrogen-bond acceptors (Lipinski definition) is 3. The Bertz CT molecular complexity index is 96.8. The van der Waals surface area contributed by atoms with Gasteiger partial charge in [0.2, 0.25) is 0 Å². The van der Waals surface area contributed by atoms with Crippen molar-refractivity contribution < 1.29 is 5.11 Å². The van der Waals surface area contributed by atoms with Gasteiger partial charge in [-0.05, 0) is 46.8 Å². The van der Waals surface area contributed by atoms with E-state index in [4.69, 9.17) is 10.8 Å². The third kappa shape index (κ3) is 9.88. The summed E-state index contributed by atoms with van der Waals surface area (Å²) in [5, 5.41) is 9.15. The molecule has 1 unspecified atom stereocenters. The molecule has 3 N–H and O–H groups in total. The predicted octanol–water partition coefficient (Wildman–Crippen LogP) is 0.386. The lowest BCUT2D eigenvalue weighted by molar-refractivity contribution is 0.0547. The molecule has 0 aromatic heterocycles. The second-order valence-electron chi connectivity index (χ2n) is 3.62. The lowest BCUT2D eigenvalue weighted by Gasteiger charge is -2.17. The van der Waals surface area contributed by atoms with Crippen LogP contribution in [0, 0.1) is 0 Å². The fraction of sp³-hybridized carbons (Fsp3) is 1.00. The highest BCUT2D eigenvalue weighted by molar-refractivity contribution is 4.62. The van der Waals surface area contributed by atoms with Crippen molar-refractivity contribution in [2.24, 2.45) is 5.73 Å². The van der Waals surface area contributed by atoms with E-state index in [0.29, 0.717) is 6.42 Å². The molecule has 0 aromatic rings. The summed E-state index contributed by atoms with van der Waals surface area (Å²) in [4.78, 5) is 2.13. The smallest absolute Gasteiger partial charge is 0.110 e. The average Bonchev–Trinajstić information content (AvgIpc) is 1.78. The number of nitrogens with two attached hydrogens (primary N) is 1. The van der Waals surface area contributed by atoms with Crippen molar-refractivity contribution in [3.05, 3.63) is 0 Å². The van der Waals surface area contributed by atoms with Crippen LogP contribution < -0.4 is 5.73 Å². The van der Waals surface area contributed by atoms with Crippen LogP contribution in [-0.4, -0.2) is 36.4 Å². The van der Waals surface area contributed by atoms with Gasteiger partial charge in [0.1, 0.15) is 5.72 Å². The van der Waals surface area contributed by atoms with Gasteiger partial charge in [-0.25, -0.2) is 0 Å². The van der Waals surface area contributed by atoms with Crippen LogP contribution in [0.4, 0.5) is 0 Å². The summed E-state index contributed by atoms with van der Waals surface area (Å²) in [6.45, 7) is 2.71. The fourth-order valence-electron chi connectivity index (χ4n) is 0.911. The quantitative estimate of drug-likeness (QED) is 0.452. The van der Waals surface area contributed by atoms with E-state index in [1.54, 1.807) is 6.92 Å². The number of rotatable bonds is 5. The van der Waals surface area contributed by atoms with Gasteiger partial charge in [-0.1, -0.05) is 0 Å². The zero-order chi connectivity index (χ0) is 8.91. The zero-order valence-corrected chi connectivity index (χ0v) is 7.80. The van der Waals surface area contributed by atoms with Crippen molar-refractivity contribution >= 4 is 0 Å². The van der Waals surface area contributed by atoms with Gasteiger partial charge in [0.25, 0.3) is 0 Å². The molecule has 0 radical (unpaired) electrons. The van der Waals surface area contributed by atoms with Crippen molar-refractivity contribution in [1.82, 2.24) is 4.90 Å². The first-order chi connectivity index (χ1) is 4.92. The van der Waals surface area contributed by atoms with Crippen LogP contribution in [0.5, 0.6) is 0 Å². The minimum absolute atomic E-state index is 0.681. The monoisotopic (exact) mass is 160 g/mol. The first-order valence-corrected chi connectivity index (χ1v) is 4.08. The fourth-order valence-corrected chi connectivity index (χ4v) is 0.911. The molecule has 68 valence electrons. The van der Waals surface area contributed by atoms with Crippen LogP contribution >= 0.6 is 0 Å². The highest BCUT2D eigenvalue weighted by atomic mass is 16.3. The molecular weight excluding hydrogens is 140 g/mol. The first kappa shape index (κ1) is 10.9. The molecule has 0 aliphatic heterocycles. The molecular formula is C8H20N2O. The second kappa shape index (κ2) is 4.70. The highest BCUT2D eigenvalue weighted by Gasteiger charge is 2.11. The SMILES string of the molecule is CN(C)CCCCC(C)(N)O. The number of unbranched alkanes of at least 4 members (excludes halogenated alkanes) is 1. The van der Waals surface area contributed by atoms with Crippen LogP contribution in [0.1, 0.15) is 26.2 Å². The van der Waals surface area contributed by atoms with E-state index in [2.05, 4.69) is 4.90 Å². The van der Waals surface area contributed by atoms with Gasteiger partial charge in [0.05, 0.1) is 0 Å². The molecule has 0 bridgehead atoms. The van der Waals surface area contributed by atoms with E-state index in [9.17, 15) is 0 Å². The maximum absolute atomic E-state index is 9.15. The van der Waals surface area contributed by atoms with Gasteiger partial charge < -0.3 is 15.7 Å². The summed E-state index contributed by atoms with van der Waals surface area (Å²) < 4.78 is 0. The van der Waals surface area contributed by atoms with Crippen molar-refractivity contribution in [3.8, 4) is 0 Å². The maximum atomic E-state index is 9.15. The minimum Gasteiger partial charge on any atom is -0.376 e. The van der Waals surface area contributed by atoms with Crippen molar-refractivity contribution in [3.63, 3.8) is 0 Å². The van der Waals surface area contributed by atoms with Crippen LogP contribution in [0.25, 0.3) is 0 Å². The van der Waals surface area contributed by atoms with E-state index in [-0.39, 0.29) is 0 Å². The molecule has 0 fully saturated rings. The molecule has 0 spiro atoms. The zero-order valence-electron chi connectivity index (χ0n) is 7.80. The molecule has 0 saturated heterocycles. The number of aliphatic hydroxyl groups is 1. The van der Waals surface area contributed by atoms with E-state index in [0.717, 1.165) is 19.4 Å². The Morgan fingerprint density at radius 2 is 1.91 bits per heavy atom. The van der Waals surface area contributed by atoms with Crippen LogP contribution in [0.2, 0.25) is 0 Å². The Balaban J connectivity index is 3.15. The molecule has 11 heavy (non-hydrogen) atoms. The average molecular weight is 160 g/mol. The topological polar surface area (TPSA) is 49.5 Å². The van der Waals surface area contributed by atoms with Crippen molar-refractivity contribution in [1.29, 1.82) is 0 Å². The molecule has 0 rings (SSSR count). The highest BCUT2D eigenvalue weighted by Crippen LogP contribution is 2.06. The Labute approximate surface area is 69.2 Å². The van der Waals surface area contributed by atoms with Gasteiger partial charge in [-0.3, -0.25) is 0 Å². The molecule has 0 saturated carbocycles. The van der Waals surface area contributed by atoms with Gasteiger partial charge in [0.15, 0.2) is 0 Å². The largest absolute Gasteiger partial charge is 0.376 e. The van der Waals surface area contributed by atoms with Gasteiger partial charge >= 0.3 is 0 Å². The molecule has 0 heterocycles. The predicted molar refractivity (Wildman–Crippen MR) is 47.2 cm³/mol. The molecule has 0 amide bonds. The first-order valence-electron chi connectivity index (χ1n) is 4.08. The normalized spacial score (nSPS) is 16.9. The summed E-state index contributed by atoms with van der Waals surface area (Å²) in [5.74, 6) is 0. The third-order valence-corrected chi connectivity index (χ3v) is 1.54. The number of nitrogens with zero attached hydrogens (tertiary/aromatic N) is 1. The standard InChI is InChI=1S/C8H20N2O/c1-8(9,11)6-4-5-7-10(2)3/h11H,4-7,9H2,1-3H3. The Hall–Kier alpha value is -0.120. The number of hydrogen-bond donors (Lipinski definition) is 2. The summed E-state index contributed by atoms with van der Waals surface area (Å²) in [7, 11) is 4.08. The van der Waals surface area contributed by atoms with Crippen LogP contribution in [-0.2, 0) is 0 Å². The van der Waals surface area contributed by atoms with E-state index in [1.807, 2.05) is 14.1 Å². The third-order valence-electron chi connectivity index (χ3n) is 1.54. The van der Waals surface area contributed by atoms with E-state index < -0.39 is 5.72 Å². The summed E-state index contributed by atoms with van der Waals surface area (Å²) in [6, 6.07) is 0. The van der Waals surface area contributed by atoms with E-state index >= 15 is 0 Å². The molecule has 3 heteroatoms. The van der Waals surface area contributed by atoms with Gasteiger partial charge in [0, 0.05) is 0 Å². The molecule has 0 aliphatic carbocycles. The van der Waals surface area contributed by atoms with Crippen molar-refractivity contribution in [2.75, 3.05) is 20.6 Å². The molecule has 0 aromatic carbocycles. The summed E-state index contributed by atoms with van der Waals surface area (Å²) >= 11 is 0. The lowest BCUT2D eigenvalue weighted by atomic mass is 10.1. The van der Waals surface area contributed by atoms with Crippen molar-refractivity contribution in [2.45, 2.75) is 31.9 Å². The Morgan fingerprint density at radius 3 is 2.27 bits per heavy atom. The van der Waals surface area contributed by atoms with E-state index in [1.165, 1.54) is 0 Å². The van der Waals surface area contributed by atoms with Gasteiger partial charge in [-0.2, -0.15) is 0 Å². The maximum Gasteiger partial charge on any atom is 0.110 e. The molecule has 3 nitrogen and oxygen atoms in total. The Morgan fingerprint density at radius 1 is 1.36 bits per heavy atom. The van der Waals surface area contributed by atoms with Crippen LogP contribution in [0.3, 0.4) is 0 Å². The molecule has 0 aliphatic rings. The lowest BCUT2D eigenvalue weighted by Crippen LogP contribution is -2.35. The molecule has 1 atom stereocenters. The Kier molecular flexibility index (Phi) is 4.65. The van der Waals surface area contributed by atoms with Crippen LogP contribution in [0.15, 0.2) is 0 Å². The summed E-state index contributed by atoms with van der Waals surface area (Å²) in [5.41, 5.74) is 4.41. The van der Waals surface area contributed by atoms with Gasteiger partial charge in [-0.15, -0.1) is 0 Å². The second-order valence-corrected chi connectivity index (χ2v) is 3.62. The minimum atomic E-state index is -0.980. The summed E-state index contributed by atoms with van der Waals surface area (Å²) in [6.07, 6.45) is 2.77.